The van der Waals surface area contributed by atoms with E-state index in [1.54, 1.807) is 0 Å². The zero-order chi connectivity index (χ0) is 11.1. The van der Waals surface area contributed by atoms with Gasteiger partial charge in [0.1, 0.15) is 7.14 Å². The maximum atomic E-state index is 12.1. The van der Waals surface area contributed by atoms with E-state index in [1.165, 1.54) is 10.9 Å². The summed E-state index contributed by atoms with van der Waals surface area (Å²) in [5.41, 5.74) is 1.24. The Kier molecular flexibility index (Phi) is 2.44. The van der Waals surface area contributed by atoms with E-state index in [9.17, 15) is 4.57 Å². The third-order valence-corrected chi connectivity index (χ3v) is 4.25. The number of hydrogen-bond donors (Lipinski definition) is 0. The Hall–Kier alpha value is -1.07. The average Bonchev–Trinajstić information content (AvgIpc) is 2.17. The molecule has 0 radical (unpaired) electrons. The van der Waals surface area contributed by atoms with E-state index < -0.39 is 7.14 Å². The number of benzene rings is 2. The van der Waals surface area contributed by atoms with Crippen LogP contribution in [0.3, 0.4) is 0 Å². The van der Waals surface area contributed by atoms with E-state index in [-0.39, 0.29) is 0 Å². The van der Waals surface area contributed by atoms with Crippen LogP contribution in [0.5, 0.6) is 0 Å². The summed E-state index contributed by atoms with van der Waals surface area (Å²) < 4.78 is 12.1. The second-order valence-corrected chi connectivity index (χ2v) is 7.48. The third kappa shape index (κ3) is 1.85. The fourth-order valence-corrected chi connectivity index (χ4v) is 3.11. The molecule has 0 aromatic heterocycles. The lowest BCUT2D eigenvalue weighted by atomic mass is 10.1. The van der Waals surface area contributed by atoms with Crippen molar-refractivity contribution in [1.82, 2.24) is 0 Å². The summed E-state index contributed by atoms with van der Waals surface area (Å²) in [5.74, 6) is 0. The molecular formula is C13H15OP. The maximum Gasteiger partial charge on any atom is 0.110 e. The molecule has 0 aliphatic carbocycles. The molecule has 0 fully saturated rings. The van der Waals surface area contributed by atoms with Crippen LogP contribution in [0.15, 0.2) is 36.4 Å². The van der Waals surface area contributed by atoms with Crippen molar-refractivity contribution >= 4 is 23.2 Å². The van der Waals surface area contributed by atoms with Gasteiger partial charge in [0.2, 0.25) is 0 Å². The number of aryl methyl sites for hydroxylation is 1. The molecule has 0 aliphatic rings. The normalized spacial score (nSPS) is 11.9. The van der Waals surface area contributed by atoms with Crippen LogP contribution in [0.4, 0.5) is 0 Å². The van der Waals surface area contributed by atoms with Gasteiger partial charge in [-0.15, -0.1) is 0 Å². The molecule has 0 N–H and O–H groups in total. The molecule has 2 aromatic carbocycles. The highest BCUT2D eigenvalue weighted by Gasteiger charge is 2.14. The molecule has 0 saturated carbocycles. The van der Waals surface area contributed by atoms with Crippen LogP contribution in [0, 0.1) is 6.92 Å². The highest BCUT2D eigenvalue weighted by Crippen LogP contribution is 2.37. The second-order valence-electron chi connectivity index (χ2n) is 4.30. The molecule has 2 aromatic rings. The summed E-state index contributed by atoms with van der Waals surface area (Å²) in [4.78, 5) is 0. The van der Waals surface area contributed by atoms with E-state index in [1.807, 2.05) is 31.5 Å². The van der Waals surface area contributed by atoms with Crippen LogP contribution in [0.2, 0.25) is 0 Å². The van der Waals surface area contributed by atoms with Gasteiger partial charge in [0.05, 0.1) is 0 Å². The predicted octanol–water partition coefficient (Wildman–Crippen LogP) is 3.40. The summed E-state index contributed by atoms with van der Waals surface area (Å²) >= 11 is 0. The van der Waals surface area contributed by atoms with E-state index in [0.29, 0.717) is 0 Å². The quantitative estimate of drug-likeness (QED) is 0.670. The van der Waals surface area contributed by atoms with Crippen molar-refractivity contribution in [2.75, 3.05) is 13.3 Å². The first-order chi connectivity index (χ1) is 7.00. The lowest BCUT2D eigenvalue weighted by molar-refractivity contribution is 0.588. The van der Waals surface area contributed by atoms with E-state index >= 15 is 0 Å². The Morgan fingerprint density at radius 3 is 2.13 bits per heavy atom. The van der Waals surface area contributed by atoms with Gasteiger partial charge in [-0.3, -0.25) is 0 Å². The SMILES string of the molecule is Cc1ccc(P(C)(C)=O)c2ccccc12. The van der Waals surface area contributed by atoms with Crippen LogP contribution < -0.4 is 5.30 Å². The van der Waals surface area contributed by atoms with Gasteiger partial charge in [-0.2, -0.15) is 0 Å². The first kappa shape index (κ1) is 10.4. The van der Waals surface area contributed by atoms with Crippen LogP contribution >= 0.6 is 7.14 Å². The first-order valence-corrected chi connectivity index (χ1v) is 7.64. The predicted molar refractivity (Wildman–Crippen MR) is 67.8 cm³/mol. The second kappa shape index (κ2) is 3.50. The van der Waals surface area contributed by atoms with Gasteiger partial charge < -0.3 is 4.57 Å². The topological polar surface area (TPSA) is 17.1 Å². The van der Waals surface area contributed by atoms with Crippen LogP contribution in [-0.2, 0) is 4.57 Å². The van der Waals surface area contributed by atoms with E-state index in [2.05, 4.69) is 25.1 Å². The monoisotopic (exact) mass is 218 g/mol. The van der Waals surface area contributed by atoms with E-state index in [4.69, 9.17) is 0 Å². The summed E-state index contributed by atoms with van der Waals surface area (Å²) in [6, 6.07) is 12.2. The lowest BCUT2D eigenvalue weighted by Gasteiger charge is -2.12. The minimum absolute atomic E-state index is 0.990. The molecule has 2 rings (SSSR count). The molecule has 1 nitrogen and oxygen atoms in total. The number of hydrogen-bond acceptors (Lipinski definition) is 1. The van der Waals surface area contributed by atoms with Crippen molar-refractivity contribution in [3.8, 4) is 0 Å². The van der Waals surface area contributed by atoms with Gasteiger partial charge in [-0.1, -0.05) is 36.4 Å². The maximum absolute atomic E-state index is 12.1. The Morgan fingerprint density at radius 2 is 1.53 bits per heavy atom. The van der Waals surface area contributed by atoms with Gasteiger partial charge in [-0.25, -0.2) is 0 Å². The Balaban J connectivity index is 2.90. The molecule has 0 unspecified atom stereocenters. The highest BCUT2D eigenvalue weighted by atomic mass is 31.2. The minimum atomic E-state index is -2.18. The Bertz CT molecular complexity index is 551. The average molecular weight is 218 g/mol. The summed E-state index contributed by atoms with van der Waals surface area (Å²) in [6.07, 6.45) is 0. The first-order valence-electron chi connectivity index (χ1n) is 5.04. The van der Waals surface area contributed by atoms with Crippen LogP contribution in [-0.4, -0.2) is 13.3 Å². The minimum Gasteiger partial charge on any atom is -0.319 e. The molecule has 0 atom stereocenters. The molecular weight excluding hydrogens is 203 g/mol. The lowest BCUT2D eigenvalue weighted by Crippen LogP contribution is -2.04. The standard InChI is InChI=1S/C13H15OP/c1-10-8-9-13(15(2,3)14)12-7-5-4-6-11(10)12/h4-9H,1-3H3. The van der Waals surface area contributed by atoms with Crippen LogP contribution in [0.1, 0.15) is 5.56 Å². The molecule has 78 valence electrons. The van der Waals surface area contributed by atoms with Crippen molar-refractivity contribution in [2.24, 2.45) is 0 Å². The Morgan fingerprint density at radius 1 is 0.933 bits per heavy atom. The van der Waals surface area contributed by atoms with Crippen molar-refractivity contribution in [3.63, 3.8) is 0 Å². The zero-order valence-corrected chi connectivity index (χ0v) is 10.2. The smallest absolute Gasteiger partial charge is 0.110 e. The third-order valence-electron chi connectivity index (χ3n) is 2.70. The van der Waals surface area contributed by atoms with Crippen molar-refractivity contribution < 1.29 is 4.57 Å². The molecule has 0 aliphatic heterocycles. The van der Waals surface area contributed by atoms with Gasteiger partial charge in [0.25, 0.3) is 0 Å². The fourth-order valence-electron chi connectivity index (χ4n) is 1.90. The molecule has 0 heterocycles. The number of fused-ring (bicyclic) bond motifs is 1. The zero-order valence-electron chi connectivity index (χ0n) is 9.32. The molecule has 0 bridgehead atoms. The summed E-state index contributed by atoms with van der Waals surface area (Å²) in [7, 11) is -2.18. The van der Waals surface area contributed by atoms with Gasteiger partial charge in [0.15, 0.2) is 0 Å². The molecule has 0 spiro atoms. The van der Waals surface area contributed by atoms with Crippen molar-refractivity contribution in [1.29, 1.82) is 0 Å². The van der Waals surface area contributed by atoms with Gasteiger partial charge >= 0.3 is 0 Å². The van der Waals surface area contributed by atoms with Crippen molar-refractivity contribution in [2.45, 2.75) is 6.92 Å². The summed E-state index contributed by atoms with van der Waals surface area (Å²) in [6.45, 7) is 5.73. The van der Waals surface area contributed by atoms with Gasteiger partial charge in [-0.05, 0) is 36.6 Å². The Labute approximate surface area is 90.5 Å². The highest BCUT2D eigenvalue weighted by molar-refractivity contribution is 7.70. The molecule has 15 heavy (non-hydrogen) atoms. The largest absolute Gasteiger partial charge is 0.319 e. The van der Waals surface area contributed by atoms with Crippen molar-refractivity contribution in [3.05, 3.63) is 42.0 Å². The van der Waals surface area contributed by atoms with E-state index in [0.717, 1.165) is 10.7 Å². The number of rotatable bonds is 1. The fraction of sp³-hybridized carbons (Fsp3) is 0.231. The molecule has 0 amide bonds. The molecule has 0 saturated heterocycles. The van der Waals surface area contributed by atoms with Gasteiger partial charge in [0, 0.05) is 5.30 Å². The molecule has 2 heteroatoms. The summed E-state index contributed by atoms with van der Waals surface area (Å²) in [5, 5.41) is 3.33. The van der Waals surface area contributed by atoms with Crippen LogP contribution in [0.25, 0.3) is 10.8 Å².